The number of ketones is 1. The quantitative estimate of drug-likeness (QED) is 0.567. The lowest BCUT2D eigenvalue weighted by atomic mass is 9.66. The summed E-state index contributed by atoms with van der Waals surface area (Å²) in [4.78, 5) is 11.2. The molecular formula is C11H13NO. The predicted molar refractivity (Wildman–Crippen MR) is 48.8 cm³/mol. The van der Waals surface area contributed by atoms with Crippen LogP contribution in [0, 0.1) is 16.7 Å². The van der Waals surface area contributed by atoms with Crippen LogP contribution in [0.4, 0.5) is 0 Å². The highest BCUT2D eigenvalue weighted by atomic mass is 16.1. The van der Waals surface area contributed by atoms with Crippen LogP contribution >= 0.6 is 0 Å². The molecular weight excluding hydrogens is 162 g/mol. The largest absolute Gasteiger partial charge is 0.295 e. The van der Waals surface area contributed by atoms with Crippen LogP contribution in [-0.4, -0.2) is 5.78 Å². The Morgan fingerprint density at radius 1 is 1.31 bits per heavy atom. The van der Waals surface area contributed by atoms with Crippen LogP contribution in [0.2, 0.25) is 0 Å². The van der Waals surface area contributed by atoms with Gasteiger partial charge in [-0.25, -0.2) is 0 Å². The van der Waals surface area contributed by atoms with Crippen LogP contribution in [0.3, 0.4) is 0 Å². The van der Waals surface area contributed by atoms with Crippen molar-refractivity contribution in [3.8, 4) is 6.07 Å². The molecule has 68 valence electrons. The molecule has 0 N–H and O–H groups in total. The first-order chi connectivity index (χ1) is 6.27. The number of fused-ring (bicyclic) bond motifs is 1. The lowest BCUT2D eigenvalue weighted by Gasteiger charge is -2.35. The van der Waals surface area contributed by atoms with Crippen molar-refractivity contribution in [3.63, 3.8) is 0 Å². The van der Waals surface area contributed by atoms with E-state index in [1.54, 1.807) is 6.08 Å². The molecule has 0 heterocycles. The Labute approximate surface area is 78.2 Å². The number of nitriles is 1. The molecule has 13 heavy (non-hydrogen) atoms. The Kier molecular flexibility index (Phi) is 1.95. The fourth-order valence-electron chi connectivity index (χ4n) is 2.42. The van der Waals surface area contributed by atoms with Crippen molar-refractivity contribution in [3.05, 3.63) is 11.6 Å². The smallest absolute Gasteiger partial charge is 0.155 e. The summed E-state index contributed by atoms with van der Waals surface area (Å²) in [5.41, 5.74) is 0.851. The van der Waals surface area contributed by atoms with Gasteiger partial charge in [0.1, 0.15) is 0 Å². The van der Waals surface area contributed by atoms with E-state index in [0.29, 0.717) is 6.42 Å². The van der Waals surface area contributed by atoms with Gasteiger partial charge in [0.05, 0.1) is 11.5 Å². The Morgan fingerprint density at radius 2 is 2.15 bits per heavy atom. The second-order valence-corrected chi connectivity index (χ2v) is 4.04. The van der Waals surface area contributed by atoms with Crippen LogP contribution in [0.15, 0.2) is 11.6 Å². The van der Waals surface area contributed by atoms with E-state index < -0.39 is 0 Å². The average Bonchev–Trinajstić information content (AvgIpc) is 2.18. The monoisotopic (exact) mass is 175 g/mol. The predicted octanol–water partition coefficient (Wildman–Crippen LogP) is 2.36. The van der Waals surface area contributed by atoms with Crippen LogP contribution < -0.4 is 0 Å². The highest BCUT2D eigenvalue weighted by Crippen LogP contribution is 2.46. The van der Waals surface area contributed by atoms with E-state index in [1.165, 1.54) is 0 Å². The van der Waals surface area contributed by atoms with Gasteiger partial charge in [-0.05, 0) is 37.3 Å². The van der Waals surface area contributed by atoms with Gasteiger partial charge in [0.25, 0.3) is 0 Å². The van der Waals surface area contributed by atoms with E-state index >= 15 is 0 Å². The van der Waals surface area contributed by atoms with E-state index in [9.17, 15) is 4.79 Å². The minimum Gasteiger partial charge on any atom is -0.295 e. The van der Waals surface area contributed by atoms with Crippen molar-refractivity contribution in [2.45, 2.75) is 38.5 Å². The molecule has 0 bridgehead atoms. The van der Waals surface area contributed by atoms with Gasteiger partial charge in [-0.15, -0.1) is 0 Å². The zero-order valence-corrected chi connectivity index (χ0v) is 7.68. The first-order valence-electron chi connectivity index (χ1n) is 4.92. The molecule has 1 atom stereocenters. The summed E-state index contributed by atoms with van der Waals surface area (Å²) in [7, 11) is 0. The maximum Gasteiger partial charge on any atom is 0.155 e. The molecule has 0 unspecified atom stereocenters. The Bertz CT molecular complexity index is 311. The van der Waals surface area contributed by atoms with Gasteiger partial charge < -0.3 is 0 Å². The summed E-state index contributed by atoms with van der Waals surface area (Å²) in [6, 6.07) is 2.42. The minimum atomic E-state index is -0.258. The number of hydrogen-bond donors (Lipinski definition) is 0. The number of nitrogens with zero attached hydrogens (tertiary/aromatic N) is 1. The lowest BCUT2D eigenvalue weighted by molar-refractivity contribution is -0.115. The molecule has 1 saturated carbocycles. The van der Waals surface area contributed by atoms with Crippen molar-refractivity contribution in [2.75, 3.05) is 0 Å². The van der Waals surface area contributed by atoms with E-state index in [2.05, 4.69) is 6.07 Å². The van der Waals surface area contributed by atoms with Crippen molar-refractivity contribution < 1.29 is 4.79 Å². The van der Waals surface area contributed by atoms with Crippen molar-refractivity contribution in [1.29, 1.82) is 5.26 Å². The molecule has 1 fully saturated rings. The van der Waals surface area contributed by atoms with Gasteiger partial charge in [0.15, 0.2) is 5.78 Å². The number of carbonyl (C=O) groups is 1. The standard InChI is InChI=1S/C11H13NO/c12-8-11-5-2-1-3-9(11)7-10(13)4-6-11/h7H,1-6H2/t11-/m1/s1. The SMILES string of the molecule is N#C[C@]12CCCCC1=CC(=O)CC2. The van der Waals surface area contributed by atoms with Crippen molar-refractivity contribution in [1.82, 2.24) is 0 Å². The Hall–Kier alpha value is -1.10. The summed E-state index contributed by atoms with van der Waals surface area (Å²) in [6.07, 6.45) is 7.25. The number of carbonyl (C=O) groups excluding carboxylic acids is 1. The molecule has 2 rings (SSSR count). The van der Waals surface area contributed by atoms with Crippen LogP contribution in [0.25, 0.3) is 0 Å². The van der Waals surface area contributed by atoms with Gasteiger partial charge in [-0.2, -0.15) is 5.26 Å². The highest BCUT2D eigenvalue weighted by Gasteiger charge is 2.39. The van der Waals surface area contributed by atoms with Crippen LogP contribution in [0.1, 0.15) is 38.5 Å². The minimum absolute atomic E-state index is 0.211. The highest BCUT2D eigenvalue weighted by molar-refractivity contribution is 5.91. The molecule has 2 aliphatic rings. The molecule has 2 nitrogen and oxygen atoms in total. The van der Waals surface area contributed by atoms with Gasteiger partial charge in [0, 0.05) is 6.42 Å². The summed E-state index contributed by atoms with van der Waals surface area (Å²) >= 11 is 0. The number of allylic oxidation sites excluding steroid dienone is 2. The first-order valence-corrected chi connectivity index (χ1v) is 4.92. The Morgan fingerprint density at radius 3 is 2.92 bits per heavy atom. The molecule has 0 aromatic rings. The first kappa shape index (κ1) is 8.50. The number of hydrogen-bond acceptors (Lipinski definition) is 2. The van der Waals surface area contributed by atoms with Gasteiger partial charge >= 0.3 is 0 Å². The fraction of sp³-hybridized carbons (Fsp3) is 0.636. The van der Waals surface area contributed by atoms with Crippen molar-refractivity contribution in [2.24, 2.45) is 5.41 Å². The van der Waals surface area contributed by atoms with Crippen LogP contribution in [-0.2, 0) is 4.79 Å². The molecule has 0 amide bonds. The van der Waals surface area contributed by atoms with Gasteiger partial charge in [-0.1, -0.05) is 6.42 Å². The van der Waals surface area contributed by atoms with Gasteiger partial charge in [0.2, 0.25) is 0 Å². The maximum atomic E-state index is 11.2. The molecule has 2 aliphatic carbocycles. The molecule has 0 aromatic heterocycles. The normalized spacial score (nSPS) is 33.2. The maximum absolute atomic E-state index is 11.2. The second-order valence-electron chi connectivity index (χ2n) is 4.04. The molecule has 0 aliphatic heterocycles. The third-order valence-corrected chi connectivity index (χ3v) is 3.26. The molecule has 0 aromatic carbocycles. The lowest BCUT2D eigenvalue weighted by Crippen LogP contribution is -2.29. The molecule has 0 radical (unpaired) electrons. The Balaban J connectivity index is 2.37. The summed E-state index contributed by atoms with van der Waals surface area (Å²) in [5, 5.41) is 9.16. The molecule has 2 heteroatoms. The molecule has 0 saturated heterocycles. The van der Waals surface area contributed by atoms with Gasteiger partial charge in [-0.3, -0.25) is 4.79 Å². The number of rotatable bonds is 0. The molecule has 0 spiro atoms. The van der Waals surface area contributed by atoms with E-state index in [-0.39, 0.29) is 11.2 Å². The summed E-state index contributed by atoms with van der Waals surface area (Å²) < 4.78 is 0. The van der Waals surface area contributed by atoms with E-state index in [0.717, 1.165) is 37.7 Å². The zero-order chi connectivity index (χ0) is 9.31. The fourth-order valence-corrected chi connectivity index (χ4v) is 2.42. The second kappa shape index (κ2) is 2.99. The van der Waals surface area contributed by atoms with Crippen molar-refractivity contribution >= 4 is 5.78 Å². The average molecular weight is 175 g/mol. The van der Waals surface area contributed by atoms with E-state index in [4.69, 9.17) is 5.26 Å². The third kappa shape index (κ3) is 1.29. The van der Waals surface area contributed by atoms with E-state index in [1.807, 2.05) is 0 Å². The topological polar surface area (TPSA) is 40.9 Å². The summed E-state index contributed by atoms with van der Waals surface area (Å²) in [5.74, 6) is 0.211. The third-order valence-electron chi connectivity index (χ3n) is 3.26. The van der Waals surface area contributed by atoms with Crippen LogP contribution in [0.5, 0.6) is 0 Å². The summed E-state index contributed by atoms with van der Waals surface area (Å²) in [6.45, 7) is 0. The zero-order valence-electron chi connectivity index (χ0n) is 7.68.